The van der Waals surface area contributed by atoms with Crippen LogP contribution in [0.25, 0.3) is 0 Å². The highest BCUT2D eigenvalue weighted by molar-refractivity contribution is 5.85. The van der Waals surface area contributed by atoms with Gasteiger partial charge >= 0.3 is 0 Å². The third-order valence-corrected chi connectivity index (χ3v) is 3.83. The van der Waals surface area contributed by atoms with E-state index in [0.29, 0.717) is 6.54 Å². The van der Waals surface area contributed by atoms with Crippen LogP contribution in [0.15, 0.2) is 0 Å². The highest BCUT2D eigenvalue weighted by Crippen LogP contribution is 2.24. The molecule has 0 radical (unpaired) electrons. The molecule has 0 saturated heterocycles. The molecule has 1 aliphatic rings. The van der Waals surface area contributed by atoms with E-state index in [9.17, 15) is 9.59 Å². The highest BCUT2D eigenvalue weighted by atomic mass is 16.2. The average Bonchev–Trinajstić information content (AvgIpc) is 2.58. The summed E-state index contributed by atoms with van der Waals surface area (Å²) in [5.41, 5.74) is 11.3. The lowest BCUT2D eigenvalue weighted by atomic mass is 9.94. The largest absolute Gasteiger partial charge is 0.368 e. The van der Waals surface area contributed by atoms with Crippen molar-refractivity contribution >= 4 is 11.8 Å². The molecule has 110 valence electrons. The van der Waals surface area contributed by atoms with Crippen LogP contribution in [0.1, 0.15) is 51.9 Å². The Labute approximate surface area is 115 Å². The first-order chi connectivity index (χ1) is 9.06. The van der Waals surface area contributed by atoms with Gasteiger partial charge < -0.3 is 16.4 Å². The van der Waals surface area contributed by atoms with Crippen LogP contribution in [0.5, 0.6) is 0 Å². The van der Waals surface area contributed by atoms with E-state index in [4.69, 9.17) is 11.5 Å². The van der Waals surface area contributed by atoms with Crippen LogP contribution >= 0.6 is 0 Å². The Kier molecular flexibility index (Phi) is 6.84. The molecule has 0 heterocycles. The number of amides is 2. The van der Waals surface area contributed by atoms with E-state index >= 15 is 0 Å². The quantitative estimate of drug-likeness (QED) is 0.705. The molecular weight excluding hydrogens is 242 g/mol. The molecule has 5 heteroatoms. The van der Waals surface area contributed by atoms with Crippen molar-refractivity contribution in [3.8, 4) is 0 Å². The lowest BCUT2D eigenvalue weighted by molar-refractivity contribution is -0.139. The summed E-state index contributed by atoms with van der Waals surface area (Å²) in [6.45, 7) is 2.67. The third-order valence-electron chi connectivity index (χ3n) is 3.83. The number of unbranched alkanes of at least 4 members (excludes halogenated alkanes) is 1. The minimum Gasteiger partial charge on any atom is -0.368 e. The molecule has 0 aromatic rings. The first kappa shape index (κ1) is 16.0. The summed E-state index contributed by atoms with van der Waals surface area (Å²) < 4.78 is 0. The van der Waals surface area contributed by atoms with E-state index in [1.807, 2.05) is 0 Å². The number of nitrogens with two attached hydrogens (primary N) is 2. The zero-order valence-electron chi connectivity index (χ0n) is 11.9. The molecule has 1 fully saturated rings. The van der Waals surface area contributed by atoms with Gasteiger partial charge in [-0.05, 0) is 19.3 Å². The Bertz CT molecular complexity index is 307. The second-order valence-electron chi connectivity index (χ2n) is 5.49. The highest BCUT2D eigenvalue weighted by Gasteiger charge is 2.30. The summed E-state index contributed by atoms with van der Waals surface area (Å²) in [4.78, 5) is 25.2. The number of primary amides is 1. The van der Waals surface area contributed by atoms with Crippen LogP contribution in [0.2, 0.25) is 0 Å². The Morgan fingerprint density at radius 3 is 2.53 bits per heavy atom. The average molecular weight is 269 g/mol. The zero-order chi connectivity index (χ0) is 14.3. The van der Waals surface area contributed by atoms with E-state index in [1.54, 1.807) is 4.90 Å². The predicted molar refractivity (Wildman–Crippen MR) is 75.2 cm³/mol. The zero-order valence-corrected chi connectivity index (χ0v) is 11.9. The van der Waals surface area contributed by atoms with E-state index in [0.717, 1.165) is 44.9 Å². The van der Waals surface area contributed by atoms with Crippen LogP contribution < -0.4 is 11.5 Å². The fourth-order valence-electron chi connectivity index (χ4n) is 2.68. The van der Waals surface area contributed by atoms with E-state index in [2.05, 4.69) is 6.92 Å². The van der Waals surface area contributed by atoms with E-state index in [1.165, 1.54) is 0 Å². The number of hydrogen-bond acceptors (Lipinski definition) is 3. The maximum absolute atomic E-state index is 12.5. The smallest absolute Gasteiger partial charge is 0.237 e. The van der Waals surface area contributed by atoms with Gasteiger partial charge in [0.15, 0.2) is 0 Å². The molecule has 2 amide bonds. The van der Waals surface area contributed by atoms with Gasteiger partial charge in [-0.3, -0.25) is 9.59 Å². The van der Waals surface area contributed by atoms with Crippen molar-refractivity contribution < 1.29 is 9.59 Å². The van der Waals surface area contributed by atoms with Gasteiger partial charge in [0.1, 0.15) is 0 Å². The minimum absolute atomic E-state index is 0.0154. The van der Waals surface area contributed by atoms with Gasteiger partial charge in [-0.1, -0.05) is 32.6 Å². The summed E-state index contributed by atoms with van der Waals surface area (Å²) in [6.07, 6.45) is 6.89. The Morgan fingerprint density at radius 1 is 1.21 bits per heavy atom. The minimum atomic E-state index is -0.452. The maximum Gasteiger partial charge on any atom is 0.237 e. The topological polar surface area (TPSA) is 89.4 Å². The second kappa shape index (κ2) is 8.15. The molecular formula is C14H27N3O2. The first-order valence-electron chi connectivity index (χ1n) is 7.39. The molecule has 19 heavy (non-hydrogen) atoms. The van der Waals surface area contributed by atoms with E-state index < -0.39 is 5.91 Å². The summed E-state index contributed by atoms with van der Waals surface area (Å²) >= 11 is 0. The van der Waals surface area contributed by atoms with Crippen LogP contribution in [0, 0.1) is 5.92 Å². The molecule has 0 aliphatic heterocycles. The van der Waals surface area contributed by atoms with Crippen molar-refractivity contribution in [2.45, 2.75) is 57.9 Å². The first-order valence-corrected chi connectivity index (χ1v) is 7.39. The molecule has 1 saturated carbocycles. The Hall–Kier alpha value is -1.10. The van der Waals surface area contributed by atoms with Crippen LogP contribution in [0.3, 0.4) is 0 Å². The summed E-state index contributed by atoms with van der Waals surface area (Å²) in [5.74, 6) is -0.577. The van der Waals surface area contributed by atoms with E-state index in [-0.39, 0.29) is 24.4 Å². The lowest BCUT2D eigenvalue weighted by Crippen LogP contribution is -2.47. The number of carbonyl (C=O) groups is 2. The second-order valence-corrected chi connectivity index (χ2v) is 5.49. The molecule has 0 spiro atoms. The van der Waals surface area contributed by atoms with Crippen molar-refractivity contribution in [3.63, 3.8) is 0 Å². The van der Waals surface area contributed by atoms with Crippen LogP contribution in [0.4, 0.5) is 0 Å². The molecule has 0 aromatic carbocycles. The van der Waals surface area contributed by atoms with Crippen molar-refractivity contribution in [1.29, 1.82) is 0 Å². The molecule has 2 unspecified atom stereocenters. The van der Waals surface area contributed by atoms with Crippen molar-refractivity contribution in [2.75, 3.05) is 13.1 Å². The summed E-state index contributed by atoms with van der Waals surface area (Å²) in [5, 5.41) is 0. The summed E-state index contributed by atoms with van der Waals surface area (Å²) in [6, 6.07) is -0.0768. The fourth-order valence-corrected chi connectivity index (χ4v) is 2.68. The fraction of sp³-hybridized carbons (Fsp3) is 0.857. The van der Waals surface area contributed by atoms with Gasteiger partial charge in [0.05, 0.1) is 12.5 Å². The number of nitrogens with zero attached hydrogens (tertiary/aromatic N) is 1. The molecule has 0 bridgehead atoms. The molecule has 1 rings (SSSR count). The van der Waals surface area contributed by atoms with Crippen molar-refractivity contribution in [1.82, 2.24) is 4.90 Å². The Balaban J connectivity index is 2.69. The summed E-state index contributed by atoms with van der Waals surface area (Å²) in [7, 11) is 0. The van der Waals surface area contributed by atoms with Crippen LogP contribution in [-0.4, -0.2) is 35.8 Å². The van der Waals surface area contributed by atoms with Gasteiger partial charge in [-0.25, -0.2) is 0 Å². The molecule has 1 aliphatic carbocycles. The Morgan fingerprint density at radius 2 is 1.89 bits per heavy atom. The van der Waals surface area contributed by atoms with Crippen LogP contribution in [-0.2, 0) is 9.59 Å². The standard InChI is InChI=1S/C14H27N3O2/c1-2-3-9-17(10-13(16)18)14(19)11-7-5-4-6-8-12(11)15/h11-12H,2-10,15H2,1H3,(H2,16,18). The van der Waals surface area contributed by atoms with Gasteiger partial charge in [-0.15, -0.1) is 0 Å². The lowest BCUT2D eigenvalue weighted by Gasteiger charge is -2.28. The van der Waals surface area contributed by atoms with Gasteiger partial charge in [0.2, 0.25) is 11.8 Å². The van der Waals surface area contributed by atoms with Gasteiger partial charge in [0.25, 0.3) is 0 Å². The third kappa shape index (κ3) is 5.19. The van der Waals surface area contributed by atoms with Gasteiger partial charge in [-0.2, -0.15) is 0 Å². The monoisotopic (exact) mass is 269 g/mol. The van der Waals surface area contributed by atoms with Crippen molar-refractivity contribution in [2.24, 2.45) is 17.4 Å². The molecule has 2 atom stereocenters. The van der Waals surface area contributed by atoms with Gasteiger partial charge in [0, 0.05) is 12.6 Å². The maximum atomic E-state index is 12.5. The normalized spacial score (nSPS) is 23.7. The SMILES string of the molecule is CCCCN(CC(N)=O)C(=O)C1CCCCCC1N. The number of carbonyl (C=O) groups excluding carboxylic acids is 2. The number of rotatable bonds is 6. The molecule has 4 N–H and O–H groups in total. The molecule has 0 aromatic heterocycles. The predicted octanol–water partition coefficient (Wildman–Crippen LogP) is 1.01. The van der Waals surface area contributed by atoms with Crippen molar-refractivity contribution in [3.05, 3.63) is 0 Å². The number of hydrogen-bond donors (Lipinski definition) is 2. The molecule has 5 nitrogen and oxygen atoms in total.